The smallest absolute Gasteiger partial charge is 0.125 e. The Morgan fingerprint density at radius 2 is 1.81 bits per heavy atom. The van der Waals surface area contributed by atoms with Gasteiger partial charge in [-0.05, 0) is 55.0 Å². The van der Waals surface area contributed by atoms with Gasteiger partial charge in [-0.2, -0.15) is 0 Å². The lowest BCUT2D eigenvalue weighted by molar-refractivity contribution is 0.302. The Morgan fingerprint density at radius 3 is 2.43 bits per heavy atom. The molecule has 1 saturated heterocycles. The number of rotatable bonds is 4. The molecule has 1 heterocycles. The van der Waals surface area contributed by atoms with Crippen LogP contribution < -0.4 is 10.1 Å². The molecule has 1 unspecified atom stereocenters. The fraction of sp³-hybridized carbons (Fsp3) is 0.368. The molecule has 3 rings (SSSR count). The fourth-order valence-electron chi connectivity index (χ4n) is 3.12. The second-order valence-electron chi connectivity index (χ2n) is 5.95. The largest absolute Gasteiger partial charge is 0.488 e. The van der Waals surface area contributed by atoms with Crippen molar-refractivity contribution in [1.82, 2.24) is 5.32 Å². The lowest BCUT2D eigenvalue weighted by Crippen LogP contribution is -2.08. The molecule has 1 fully saturated rings. The summed E-state index contributed by atoms with van der Waals surface area (Å²) in [5, 5.41) is 3.44. The minimum atomic E-state index is 0.632. The van der Waals surface area contributed by atoms with Gasteiger partial charge in [0.25, 0.3) is 0 Å². The number of nitrogens with one attached hydrogen (secondary N) is 1. The van der Waals surface area contributed by atoms with Gasteiger partial charge in [0.15, 0.2) is 0 Å². The monoisotopic (exact) mass is 281 g/mol. The molecule has 110 valence electrons. The van der Waals surface area contributed by atoms with Crippen LogP contribution in [0.25, 0.3) is 0 Å². The molecule has 0 spiro atoms. The first-order valence-electron chi connectivity index (χ1n) is 7.72. The quantitative estimate of drug-likeness (QED) is 0.916. The van der Waals surface area contributed by atoms with Crippen molar-refractivity contribution >= 4 is 0 Å². The van der Waals surface area contributed by atoms with E-state index < -0.39 is 0 Å². The summed E-state index contributed by atoms with van der Waals surface area (Å²) in [6, 6.07) is 14.9. The van der Waals surface area contributed by atoms with Crippen molar-refractivity contribution in [1.29, 1.82) is 0 Å². The Kier molecular flexibility index (Phi) is 4.26. The van der Waals surface area contributed by atoms with E-state index in [1.807, 2.05) is 6.07 Å². The lowest BCUT2D eigenvalue weighted by atomic mass is 9.94. The maximum atomic E-state index is 6.06. The highest BCUT2D eigenvalue weighted by Crippen LogP contribution is 2.31. The van der Waals surface area contributed by atoms with Crippen LogP contribution in [-0.2, 0) is 6.61 Å². The van der Waals surface area contributed by atoms with Crippen LogP contribution in [0.5, 0.6) is 5.75 Å². The first-order chi connectivity index (χ1) is 10.2. The molecule has 21 heavy (non-hydrogen) atoms. The molecule has 1 N–H and O–H groups in total. The third-order valence-corrected chi connectivity index (χ3v) is 4.24. The van der Waals surface area contributed by atoms with Gasteiger partial charge < -0.3 is 10.1 Å². The first kappa shape index (κ1) is 14.2. The summed E-state index contributed by atoms with van der Waals surface area (Å²) in [7, 11) is 0. The van der Waals surface area contributed by atoms with Gasteiger partial charge in [-0.1, -0.05) is 42.5 Å². The number of hydrogen-bond acceptors (Lipinski definition) is 2. The Morgan fingerprint density at radius 1 is 1.10 bits per heavy atom. The highest BCUT2D eigenvalue weighted by molar-refractivity contribution is 5.44. The SMILES string of the molecule is Cc1cc(C2CCNC2)cc(C)c1OCc1ccccc1. The average molecular weight is 281 g/mol. The van der Waals surface area contributed by atoms with E-state index in [1.54, 1.807) is 0 Å². The number of benzene rings is 2. The third-order valence-electron chi connectivity index (χ3n) is 4.24. The molecule has 0 aliphatic carbocycles. The van der Waals surface area contributed by atoms with Crippen LogP contribution in [0.3, 0.4) is 0 Å². The average Bonchev–Trinajstić information content (AvgIpc) is 3.01. The normalized spacial score (nSPS) is 17.9. The summed E-state index contributed by atoms with van der Waals surface area (Å²) in [4.78, 5) is 0. The predicted molar refractivity (Wildman–Crippen MR) is 86.9 cm³/mol. The van der Waals surface area contributed by atoms with E-state index in [1.165, 1.54) is 28.7 Å². The second kappa shape index (κ2) is 6.31. The molecule has 2 nitrogen and oxygen atoms in total. The van der Waals surface area contributed by atoms with Gasteiger partial charge in [-0.15, -0.1) is 0 Å². The number of aryl methyl sites for hydroxylation is 2. The van der Waals surface area contributed by atoms with Crippen LogP contribution in [0.1, 0.15) is 34.6 Å². The van der Waals surface area contributed by atoms with Gasteiger partial charge in [-0.25, -0.2) is 0 Å². The summed E-state index contributed by atoms with van der Waals surface area (Å²) in [6.45, 7) is 7.17. The van der Waals surface area contributed by atoms with Gasteiger partial charge in [0.1, 0.15) is 12.4 Å². The molecule has 1 atom stereocenters. The van der Waals surface area contributed by atoms with Crippen LogP contribution in [0.2, 0.25) is 0 Å². The Hall–Kier alpha value is -1.80. The molecule has 1 aliphatic heterocycles. The first-order valence-corrected chi connectivity index (χ1v) is 7.72. The lowest BCUT2D eigenvalue weighted by Gasteiger charge is -2.16. The third kappa shape index (κ3) is 3.27. The molecular formula is C19H23NO. The van der Waals surface area contributed by atoms with E-state index in [0.717, 1.165) is 18.8 Å². The highest BCUT2D eigenvalue weighted by atomic mass is 16.5. The molecule has 0 radical (unpaired) electrons. The molecule has 0 amide bonds. The molecule has 0 saturated carbocycles. The Labute approximate surface area is 127 Å². The van der Waals surface area contributed by atoms with Crippen LogP contribution in [0.4, 0.5) is 0 Å². The maximum absolute atomic E-state index is 6.06. The zero-order valence-corrected chi connectivity index (χ0v) is 12.9. The molecule has 2 aromatic rings. The standard InChI is InChI=1S/C19H23NO/c1-14-10-18(17-8-9-20-12-17)11-15(2)19(14)21-13-16-6-4-3-5-7-16/h3-7,10-11,17,20H,8-9,12-13H2,1-2H3. The van der Waals surface area contributed by atoms with Crippen molar-refractivity contribution in [2.75, 3.05) is 13.1 Å². The molecule has 2 aromatic carbocycles. The Balaban J connectivity index is 1.76. The van der Waals surface area contributed by atoms with Crippen molar-refractivity contribution < 1.29 is 4.74 Å². The fourth-order valence-corrected chi connectivity index (χ4v) is 3.12. The van der Waals surface area contributed by atoms with Gasteiger partial charge in [0.2, 0.25) is 0 Å². The van der Waals surface area contributed by atoms with E-state index in [2.05, 4.69) is 55.6 Å². The van der Waals surface area contributed by atoms with Gasteiger partial charge in [-0.3, -0.25) is 0 Å². The van der Waals surface area contributed by atoms with Gasteiger partial charge >= 0.3 is 0 Å². The van der Waals surface area contributed by atoms with E-state index in [9.17, 15) is 0 Å². The summed E-state index contributed by atoms with van der Waals surface area (Å²) < 4.78 is 6.06. The minimum absolute atomic E-state index is 0.632. The van der Waals surface area contributed by atoms with Gasteiger partial charge in [0.05, 0.1) is 0 Å². The summed E-state index contributed by atoms with van der Waals surface area (Å²) in [6.07, 6.45) is 1.24. The topological polar surface area (TPSA) is 21.3 Å². The van der Waals surface area contributed by atoms with Crippen LogP contribution >= 0.6 is 0 Å². The van der Waals surface area contributed by atoms with Crippen molar-refractivity contribution in [2.45, 2.75) is 32.8 Å². The maximum Gasteiger partial charge on any atom is 0.125 e. The molecule has 2 heteroatoms. The minimum Gasteiger partial charge on any atom is -0.488 e. The number of hydrogen-bond donors (Lipinski definition) is 1. The van der Waals surface area contributed by atoms with Crippen molar-refractivity contribution in [3.63, 3.8) is 0 Å². The predicted octanol–water partition coefficient (Wildman–Crippen LogP) is 3.96. The zero-order chi connectivity index (χ0) is 14.7. The Bertz CT molecular complexity index is 577. The van der Waals surface area contributed by atoms with Crippen LogP contribution in [0.15, 0.2) is 42.5 Å². The van der Waals surface area contributed by atoms with Crippen LogP contribution in [0, 0.1) is 13.8 Å². The summed E-state index contributed by atoms with van der Waals surface area (Å²) >= 11 is 0. The van der Waals surface area contributed by atoms with Gasteiger partial charge in [0, 0.05) is 6.54 Å². The molecular weight excluding hydrogens is 258 g/mol. The molecule has 0 aromatic heterocycles. The summed E-state index contributed by atoms with van der Waals surface area (Å²) in [5.41, 5.74) is 5.14. The molecule has 0 bridgehead atoms. The second-order valence-corrected chi connectivity index (χ2v) is 5.95. The van der Waals surface area contributed by atoms with E-state index in [0.29, 0.717) is 12.5 Å². The van der Waals surface area contributed by atoms with E-state index in [-0.39, 0.29) is 0 Å². The highest BCUT2D eigenvalue weighted by Gasteiger charge is 2.18. The van der Waals surface area contributed by atoms with Crippen molar-refractivity contribution in [2.24, 2.45) is 0 Å². The number of ether oxygens (including phenoxy) is 1. The molecule has 1 aliphatic rings. The van der Waals surface area contributed by atoms with Crippen molar-refractivity contribution in [3.8, 4) is 5.75 Å². The van der Waals surface area contributed by atoms with E-state index >= 15 is 0 Å². The zero-order valence-electron chi connectivity index (χ0n) is 12.9. The summed E-state index contributed by atoms with van der Waals surface area (Å²) in [5.74, 6) is 1.69. The van der Waals surface area contributed by atoms with Crippen molar-refractivity contribution in [3.05, 3.63) is 64.7 Å². The van der Waals surface area contributed by atoms with Crippen LogP contribution in [-0.4, -0.2) is 13.1 Å². The van der Waals surface area contributed by atoms with E-state index in [4.69, 9.17) is 4.74 Å².